The predicted molar refractivity (Wildman–Crippen MR) is 95.4 cm³/mol. The zero-order valence-corrected chi connectivity index (χ0v) is 13.7. The zero-order valence-electron chi connectivity index (χ0n) is 13.7. The van der Waals surface area contributed by atoms with Crippen molar-refractivity contribution in [2.24, 2.45) is 5.73 Å². The first kappa shape index (κ1) is 17.2. The fourth-order valence-corrected chi connectivity index (χ4v) is 2.51. The van der Waals surface area contributed by atoms with Gasteiger partial charge in [0.2, 0.25) is 5.91 Å². The normalized spacial score (nSPS) is 10.7. The molecule has 0 aliphatic rings. The minimum atomic E-state index is -0.00267. The molecule has 23 heavy (non-hydrogen) atoms. The van der Waals surface area contributed by atoms with Gasteiger partial charge >= 0.3 is 0 Å². The van der Waals surface area contributed by atoms with E-state index in [2.05, 4.69) is 22.3 Å². The Balaban J connectivity index is 1.86. The molecule has 4 heteroatoms. The molecule has 0 fully saturated rings. The van der Waals surface area contributed by atoms with E-state index >= 15 is 0 Å². The van der Waals surface area contributed by atoms with Crippen LogP contribution in [0.2, 0.25) is 0 Å². The molecule has 0 atom stereocenters. The summed E-state index contributed by atoms with van der Waals surface area (Å²) >= 11 is 0. The van der Waals surface area contributed by atoms with E-state index in [1.807, 2.05) is 49.4 Å². The number of nitrogens with zero attached hydrogens (tertiary/aromatic N) is 1. The Kier molecular flexibility index (Phi) is 6.78. The summed E-state index contributed by atoms with van der Waals surface area (Å²) in [6, 6.07) is 18.1. The number of amides is 1. The van der Waals surface area contributed by atoms with E-state index < -0.39 is 0 Å². The molecule has 2 rings (SSSR count). The summed E-state index contributed by atoms with van der Waals surface area (Å²) in [5, 5.41) is 2.95. The van der Waals surface area contributed by atoms with Crippen molar-refractivity contribution in [1.82, 2.24) is 4.90 Å². The molecule has 0 aromatic heterocycles. The standard InChI is InChI=1S/C19H25N3O/c1-16-6-5-9-18(14-16)21-19(23)15-22(13-11-20)12-10-17-7-3-2-4-8-17/h2-9,14H,10-13,15,20H2,1H3,(H,21,23). The highest BCUT2D eigenvalue weighted by atomic mass is 16.2. The van der Waals surface area contributed by atoms with Crippen molar-refractivity contribution >= 4 is 11.6 Å². The summed E-state index contributed by atoms with van der Waals surface area (Å²) in [4.78, 5) is 14.3. The zero-order chi connectivity index (χ0) is 16.5. The molecule has 0 heterocycles. The lowest BCUT2D eigenvalue weighted by Gasteiger charge is -2.21. The van der Waals surface area contributed by atoms with Gasteiger partial charge in [-0.15, -0.1) is 0 Å². The summed E-state index contributed by atoms with van der Waals surface area (Å²) < 4.78 is 0. The molecule has 0 aliphatic heterocycles. The summed E-state index contributed by atoms with van der Waals surface area (Å²) in [6.07, 6.45) is 0.915. The number of carbonyl (C=O) groups is 1. The van der Waals surface area contributed by atoms with Crippen molar-refractivity contribution in [3.8, 4) is 0 Å². The molecule has 0 saturated carbocycles. The quantitative estimate of drug-likeness (QED) is 0.787. The van der Waals surface area contributed by atoms with Crippen LogP contribution in [0.3, 0.4) is 0 Å². The summed E-state index contributed by atoms with van der Waals surface area (Å²) in [5.74, 6) is -0.00267. The average molecular weight is 311 g/mol. The lowest BCUT2D eigenvalue weighted by atomic mass is 10.1. The Labute approximate surface area is 138 Å². The van der Waals surface area contributed by atoms with Gasteiger partial charge in [-0.2, -0.15) is 0 Å². The van der Waals surface area contributed by atoms with E-state index in [1.54, 1.807) is 0 Å². The minimum Gasteiger partial charge on any atom is -0.329 e. The lowest BCUT2D eigenvalue weighted by Crippen LogP contribution is -2.38. The highest BCUT2D eigenvalue weighted by molar-refractivity contribution is 5.92. The second kappa shape index (κ2) is 9.08. The van der Waals surface area contributed by atoms with Gasteiger partial charge in [0, 0.05) is 25.3 Å². The molecule has 0 radical (unpaired) electrons. The first-order chi connectivity index (χ1) is 11.2. The van der Waals surface area contributed by atoms with Crippen molar-refractivity contribution in [3.05, 3.63) is 65.7 Å². The first-order valence-corrected chi connectivity index (χ1v) is 8.00. The van der Waals surface area contributed by atoms with Crippen molar-refractivity contribution in [2.75, 3.05) is 31.5 Å². The highest BCUT2D eigenvalue weighted by Crippen LogP contribution is 2.09. The molecule has 2 aromatic carbocycles. The van der Waals surface area contributed by atoms with Gasteiger partial charge in [-0.25, -0.2) is 0 Å². The summed E-state index contributed by atoms with van der Waals surface area (Å²) in [5.41, 5.74) is 8.91. The van der Waals surface area contributed by atoms with Crippen LogP contribution >= 0.6 is 0 Å². The second-order valence-corrected chi connectivity index (χ2v) is 5.72. The topological polar surface area (TPSA) is 58.4 Å². The third kappa shape index (κ3) is 6.22. The largest absolute Gasteiger partial charge is 0.329 e. The van der Waals surface area contributed by atoms with E-state index in [9.17, 15) is 4.79 Å². The number of benzene rings is 2. The van der Waals surface area contributed by atoms with E-state index in [-0.39, 0.29) is 5.91 Å². The molecule has 0 unspecified atom stereocenters. The third-order valence-electron chi connectivity index (χ3n) is 3.67. The molecule has 0 spiro atoms. The number of hydrogen-bond acceptors (Lipinski definition) is 3. The molecule has 2 aromatic rings. The Morgan fingerprint density at radius 2 is 1.87 bits per heavy atom. The SMILES string of the molecule is Cc1cccc(NC(=O)CN(CCN)CCc2ccccc2)c1. The van der Waals surface area contributed by atoms with E-state index in [0.29, 0.717) is 19.6 Å². The van der Waals surface area contributed by atoms with Crippen LogP contribution in [-0.4, -0.2) is 37.0 Å². The first-order valence-electron chi connectivity index (χ1n) is 8.00. The third-order valence-corrected chi connectivity index (χ3v) is 3.67. The van der Waals surface area contributed by atoms with Crippen LogP contribution in [0.4, 0.5) is 5.69 Å². The van der Waals surface area contributed by atoms with Crippen LogP contribution < -0.4 is 11.1 Å². The van der Waals surface area contributed by atoms with E-state index in [0.717, 1.165) is 24.2 Å². The number of rotatable bonds is 8. The van der Waals surface area contributed by atoms with Gasteiger partial charge in [-0.3, -0.25) is 9.69 Å². The van der Waals surface area contributed by atoms with Crippen LogP contribution in [0.1, 0.15) is 11.1 Å². The number of nitrogens with one attached hydrogen (secondary N) is 1. The Morgan fingerprint density at radius 1 is 1.09 bits per heavy atom. The van der Waals surface area contributed by atoms with Crippen molar-refractivity contribution < 1.29 is 4.79 Å². The molecule has 4 nitrogen and oxygen atoms in total. The minimum absolute atomic E-state index is 0.00267. The Bertz CT molecular complexity index is 613. The summed E-state index contributed by atoms with van der Waals surface area (Å²) in [6.45, 7) is 4.46. The van der Waals surface area contributed by atoms with Crippen molar-refractivity contribution in [3.63, 3.8) is 0 Å². The Hall–Kier alpha value is -2.17. The van der Waals surface area contributed by atoms with Gasteiger partial charge in [0.15, 0.2) is 0 Å². The van der Waals surface area contributed by atoms with Gasteiger partial charge in [-0.05, 0) is 36.6 Å². The van der Waals surface area contributed by atoms with E-state index in [4.69, 9.17) is 5.73 Å². The average Bonchev–Trinajstić information content (AvgIpc) is 2.54. The van der Waals surface area contributed by atoms with Crippen molar-refractivity contribution in [2.45, 2.75) is 13.3 Å². The number of anilines is 1. The predicted octanol–water partition coefficient (Wildman–Crippen LogP) is 2.44. The highest BCUT2D eigenvalue weighted by Gasteiger charge is 2.10. The van der Waals surface area contributed by atoms with Gasteiger partial charge < -0.3 is 11.1 Å². The van der Waals surface area contributed by atoms with E-state index in [1.165, 1.54) is 5.56 Å². The molecule has 0 aliphatic carbocycles. The molecular formula is C19H25N3O. The summed E-state index contributed by atoms with van der Waals surface area (Å²) in [7, 11) is 0. The van der Waals surface area contributed by atoms with Crippen LogP contribution in [0, 0.1) is 6.92 Å². The van der Waals surface area contributed by atoms with Crippen LogP contribution in [0.15, 0.2) is 54.6 Å². The number of aryl methyl sites for hydroxylation is 1. The molecular weight excluding hydrogens is 286 g/mol. The maximum Gasteiger partial charge on any atom is 0.238 e. The van der Waals surface area contributed by atoms with Gasteiger partial charge in [0.05, 0.1) is 6.54 Å². The number of nitrogens with two attached hydrogens (primary N) is 1. The number of carbonyl (C=O) groups excluding carboxylic acids is 1. The van der Waals surface area contributed by atoms with Crippen LogP contribution in [-0.2, 0) is 11.2 Å². The van der Waals surface area contributed by atoms with Gasteiger partial charge in [0.25, 0.3) is 0 Å². The van der Waals surface area contributed by atoms with Gasteiger partial charge in [0.1, 0.15) is 0 Å². The lowest BCUT2D eigenvalue weighted by molar-refractivity contribution is -0.117. The molecule has 3 N–H and O–H groups in total. The maximum absolute atomic E-state index is 12.2. The smallest absolute Gasteiger partial charge is 0.238 e. The van der Waals surface area contributed by atoms with Crippen molar-refractivity contribution in [1.29, 1.82) is 0 Å². The molecule has 122 valence electrons. The monoisotopic (exact) mass is 311 g/mol. The Morgan fingerprint density at radius 3 is 2.57 bits per heavy atom. The molecule has 0 saturated heterocycles. The van der Waals surface area contributed by atoms with Crippen LogP contribution in [0.5, 0.6) is 0 Å². The van der Waals surface area contributed by atoms with Gasteiger partial charge in [-0.1, -0.05) is 42.5 Å². The maximum atomic E-state index is 12.2. The number of hydrogen-bond donors (Lipinski definition) is 2. The van der Waals surface area contributed by atoms with Crippen LogP contribution in [0.25, 0.3) is 0 Å². The molecule has 1 amide bonds. The fourth-order valence-electron chi connectivity index (χ4n) is 2.51. The molecule has 0 bridgehead atoms. The fraction of sp³-hybridized carbons (Fsp3) is 0.316. The second-order valence-electron chi connectivity index (χ2n) is 5.72.